The zero-order valence-electron chi connectivity index (χ0n) is 15.8. The van der Waals surface area contributed by atoms with Crippen molar-refractivity contribution in [2.75, 3.05) is 11.9 Å². The minimum atomic E-state index is -4.66. The third kappa shape index (κ3) is 4.49. The van der Waals surface area contributed by atoms with E-state index in [1.165, 1.54) is 24.4 Å². The standard InChI is InChI=1S/C20H15F5N4O2/c21-12-2-3-13(14(22)9-12)18-17(19-29(28-18)6-1-7-31-19)11-4-5-26-15(8-11)27-16(30)10-20(23,24)25/h2-5,8-9H,1,6-7,10H2,(H,26,27,30). The summed E-state index contributed by atoms with van der Waals surface area (Å²) < 4.78 is 72.4. The summed E-state index contributed by atoms with van der Waals surface area (Å²) in [4.78, 5) is 15.5. The lowest BCUT2D eigenvalue weighted by atomic mass is 10.0. The molecule has 0 spiro atoms. The van der Waals surface area contributed by atoms with Crippen LogP contribution in [0, 0.1) is 11.6 Å². The van der Waals surface area contributed by atoms with Gasteiger partial charge in [-0.15, -0.1) is 0 Å². The number of pyridine rings is 1. The van der Waals surface area contributed by atoms with Crippen molar-refractivity contribution in [1.82, 2.24) is 14.8 Å². The Labute approximate surface area is 172 Å². The largest absolute Gasteiger partial charge is 0.477 e. The van der Waals surface area contributed by atoms with Gasteiger partial charge in [0.25, 0.3) is 0 Å². The highest BCUT2D eigenvalue weighted by Crippen LogP contribution is 2.41. The van der Waals surface area contributed by atoms with E-state index in [0.29, 0.717) is 36.6 Å². The van der Waals surface area contributed by atoms with Crippen molar-refractivity contribution in [1.29, 1.82) is 0 Å². The fourth-order valence-corrected chi connectivity index (χ4v) is 3.28. The first-order valence-electron chi connectivity index (χ1n) is 9.23. The predicted molar refractivity (Wildman–Crippen MR) is 100 cm³/mol. The van der Waals surface area contributed by atoms with Crippen LogP contribution in [0.1, 0.15) is 12.8 Å². The fourth-order valence-electron chi connectivity index (χ4n) is 3.28. The number of hydrogen-bond donors (Lipinski definition) is 1. The molecule has 6 nitrogen and oxygen atoms in total. The Morgan fingerprint density at radius 3 is 2.74 bits per heavy atom. The van der Waals surface area contributed by atoms with Crippen LogP contribution in [0.3, 0.4) is 0 Å². The Bertz CT molecular complexity index is 1140. The second kappa shape index (κ2) is 7.97. The maximum atomic E-state index is 14.5. The summed E-state index contributed by atoms with van der Waals surface area (Å²) >= 11 is 0. The lowest BCUT2D eigenvalue weighted by molar-refractivity contribution is -0.150. The molecular weight excluding hydrogens is 423 g/mol. The number of carbonyl (C=O) groups excluding carboxylic acids is 1. The van der Waals surface area contributed by atoms with Gasteiger partial charge >= 0.3 is 6.18 Å². The van der Waals surface area contributed by atoms with E-state index in [1.807, 2.05) is 0 Å². The minimum absolute atomic E-state index is 0.0290. The predicted octanol–water partition coefficient (Wildman–Crippen LogP) is 4.56. The number of rotatable bonds is 4. The van der Waals surface area contributed by atoms with E-state index in [9.17, 15) is 26.7 Å². The molecule has 0 unspecified atom stereocenters. The van der Waals surface area contributed by atoms with Gasteiger partial charge in [-0.1, -0.05) is 0 Å². The normalized spacial score (nSPS) is 13.5. The third-order valence-corrected chi connectivity index (χ3v) is 4.52. The number of amides is 1. The molecule has 1 aliphatic rings. The minimum Gasteiger partial charge on any atom is -0.477 e. The van der Waals surface area contributed by atoms with Crippen LogP contribution in [0.25, 0.3) is 22.4 Å². The number of fused-ring (bicyclic) bond motifs is 1. The molecule has 0 saturated carbocycles. The highest BCUT2D eigenvalue weighted by molar-refractivity contribution is 5.92. The Hall–Kier alpha value is -3.50. The maximum Gasteiger partial charge on any atom is 0.397 e. The second-order valence-corrected chi connectivity index (χ2v) is 6.85. The number of anilines is 1. The third-order valence-electron chi connectivity index (χ3n) is 4.52. The lowest BCUT2D eigenvalue weighted by Gasteiger charge is -2.16. The Morgan fingerprint density at radius 1 is 1.19 bits per heavy atom. The van der Waals surface area contributed by atoms with Gasteiger partial charge in [0, 0.05) is 30.8 Å². The maximum absolute atomic E-state index is 14.5. The van der Waals surface area contributed by atoms with Crippen molar-refractivity contribution in [2.45, 2.75) is 25.6 Å². The number of alkyl halides is 3. The molecule has 1 aliphatic heterocycles. The molecule has 0 aliphatic carbocycles. The van der Waals surface area contributed by atoms with Crippen LogP contribution >= 0.6 is 0 Å². The average molecular weight is 438 g/mol. The number of hydrogen-bond acceptors (Lipinski definition) is 4. The van der Waals surface area contributed by atoms with Gasteiger partial charge in [0.05, 0.1) is 12.2 Å². The van der Waals surface area contributed by atoms with Crippen LogP contribution in [-0.4, -0.2) is 33.5 Å². The number of carbonyl (C=O) groups is 1. The SMILES string of the molecule is O=C(CC(F)(F)F)Nc1cc(-c2c(-c3ccc(F)cc3F)nn3c2OCCC3)ccn1. The van der Waals surface area contributed by atoms with Gasteiger partial charge in [0.2, 0.25) is 11.8 Å². The summed E-state index contributed by atoms with van der Waals surface area (Å²) in [5.74, 6) is -2.63. The van der Waals surface area contributed by atoms with E-state index in [4.69, 9.17) is 4.74 Å². The molecule has 0 saturated heterocycles. The zero-order chi connectivity index (χ0) is 22.2. The molecule has 11 heteroatoms. The molecule has 31 heavy (non-hydrogen) atoms. The van der Waals surface area contributed by atoms with Crippen molar-refractivity contribution >= 4 is 11.7 Å². The molecule has 0 atom stereocenters. The van der Waals surface area contributed by atoms with Crippen LogP contribution in [0.5, 0.6) is 5.88 Å². The molecule has 0 fully saturated rings. The van der Waals surface area contributed by atoms with Crippen molar-refractivity contribution in [3.05, 3.63) is 48.2 Å². The van der Waals surface area contributed by atoms with Crippen LogP contribution in [-0.2, 0) is 11.3 Å². The van der Waals surface area contributed by atoms with Crippen molar-refractivity contribution in [3.8, 4) is 28.3 Å². The zero-order valence-corrected chi connectivity index (χ0v) is 15.8. The van der Waals surface area contributed by atoms with Crippen LogP contribution in [0.2, 0.25) is 0 Å². The number of benzene rings is 1. The molecule has 162 valence electrons. The summed E-state index contributed by atoms with van der Waals surface area (Å²) in [7, 11) is 0. The quantitative estimate of drug-likeness (QED) is 0.607. The Balaban J connectivity index is 1.77. The molecule has 0 bridgehead atoms. The molecule has 3 heterocycles. The molecule has 4 rings (SSSR count). The van der Waals surface area contributed by atoms with E-state index >= 15 is 0 Å². The summed E-state index contributed by atoms with van der Waals surface area (Å²) in [6.07, 6.45) is -4.35. The molecular formula is C20H15F5N4O2. The van der Waals surface area contributed by atoms with Crippen LogP contribution < -0.4 is 10.1 Å². The van der Waals surface area contributed by atoms with E-state index < -0.39 is 30.1 Å². The van der Waals surface area contributed by atoms with Crippen molar-refractivity contribution < 1.29 is 31.5 Å². The number of nitrogens with one attached hydrogen (secondary N) is 1. The number of nitrogens with zero attached hydrogens (tertiary/aromatic N) is 3. The molecule has 3 aromatic rings. The first-order valence-corrected chi connectivity index (χ1v) is 9.23. The molecule has 0 radical (unpaired) electrons. The second-order valence-electron chi connectivity index (χ2n) is 6.85. The van der Waals surface area contributed by atoms with E-state index in [-0.39, 0.29) is 17.1 Å². The highest BCUT2D eigenvalue weighted by atomic mass is 19.4. The summed E-state index contributed by atoms with van der Waals surface area (Å²) in [5.41, 5.74) is 0.952. The van der Waals surface area contributed by atoms with Gasteiger partial charge in [-0.3, -0.25) is 4.79 Å². The van der Waals surface area contributed by atoms with Gasteiger partial charge in [-0.2, -0.15) is 18.3 Å². The van der Waals surface area contributed by atoms with Gasteiger partial charge in [-0.25, -0.2) is 18.4 Å². The van der Waals surface area contributed by atoms with Gasteiger partial charge in [-0.05, 0) is 29.8 Å². The van der Waals surface area contributed by atoms with Crippen molar-refractivity contribution in [2.24, 2.45) is 0 Å². The van der Waals surface area contributed by atoms with Crippen LogP contribution in [0.4, 0.5) is 27.8 Å². The summed E-state index contributed by atoms with van der Waals surface area (Å²) in [6, 6.07) is 5.94. The summed E-state index contributed by atoms with van der Waals surface area (Å²) in [6.45, 7) is 0.899. The molecule has 2 aromatic heterocycles. The lowest BCUT2D eigenvalue weighted by Crippen LogP contribution is -2.21. The number of aromatic nitrogens is 3. The highest BCUT2D eigenvalue weighted by Gasteiger charge is 2.31. The van der Waals surface area contributed by atoms with Gasteiger partial charge < -0.3 is 10.1 Å². The molecule has 1 N–H and O–H groups in total. The van der Waals surface area contributed by atoms with Gasteiger partial charge in [0.1, 0.15) is 29.6 Å². The number of ether oxygens (including phenoxy) is 1. The van der Waals surface area contributed by atoms with E-state index in [1.54, 1.807) is 4.68 Å². The van der Waals surface area contributed by atoms with Crippen LogP contribution in [0.15, 0.2) is 36.5 Å². The Morgan fingerprint density at radius 2 is 2.00 bits per heavy atom. The average Bonchev–Trinajstić information content (AvgIpc) is 3.05. The summed E-state index contributed by atoms with van der Waals surface area (Å²) in [5, 5.41) is 6.50. The first kappa shape index (κ1) is 20.8. The van der Waals surface area contributed by atoms with E-state index in [2.05, 4.69) is 15.4 Å². The fraction of sp³-hybridized carbons (Fsp3) is 0.250. The smallest absolute Gasteiger partial charge is 0.397 e. The van der Waals surface area contributed by atoms with E-state index in [0.717, 1.165) is 12.1 Å². The monoisotopic (exact) mass is 438 g/mol. The van der Waals surface area contributed by atoms with Gasteiger partial charge in [0.15, 0.2) is 0 Å². The van der Waals surface area contributed by atoms with Crippen molar-refractivity contribution in [3.63, 3.8) is 0 Å². The number of halogens is 5. The first-order chi connectivity index (χ1) is 14.7. The topological polar surface area (TPSA) is 69.0 Å². The molecule has 1 amide bonds. The Kier molecular flexibility index (Phi) is 5.34. The number of aryl methyl sites for hydroxylation is 1. The molecule has 1 aromatic carbocycles.